The molecule has 0 aromatic carbocycles. The van der Waals surface area contributed by atoms with Gasteiger partial charge in [0.1, 0.15) is 6.10 Å². The maximum absolute atomic E-state index is 11.7. The third-order valence-electron chi connectivity index (χ3n) is 2.60. The van der Waals surface area contributed by atoms with Crippen molar-refractivity contribution in [2.45, 2.75) is 40.2 Å². The lowest BCUT2D eigenvalue weighted by atomic mass is 9.87. The zero-order chi connectivity index (χ0) is 14.9. The van der Waals surface area contributed by atoms with Gasteiger partial charge in [-0.3, -0.25) is 9.59 Å². The molecule has 0 aliphatic carbocycles. The lowest BCUT2D eigenvalue weighted by molar-refractivity contribution is -0.151. The van der Waals surface area contributed by atoms with E-state index in [9.17, 15) is 14.7 Å². The number of rotatable bonds is 9. The molecule has 0 rings (SSSR count). The number of nitrogens with one attached hydrogen (secondary N) is 1. The Labute approximate surface area is 114 Å². The van der Waals surface area contributed by atoms with Crippen molar-refractivity contribution in [1.29, 1.82) is 0 Å². The molecular weight excluding hydrogens is 250 g/mol. The lowest BCUT2D eigenvalue weighted by Crippen LogP contribution is -2.46. The minimum absolute atomic E-state index is 0.00410. The first-order valence-electron chi connectivity index (χ1n) is 6.48. The van der Waals surface area contributed by atoms with E-state index in [0.29, 0.717) is 26.2 Å². The van der Waals surface area contributed by atoms with Gasteiger partial charge in [0.05, 0.1) is 6.61 Å². The highest BCUT2D eigenvalue weighted by molar-refractivity contribution is 5.81. The molecule has 0 radical (unpaired) electrons. The second kappa shape index (κ2) is 8.87. The highest BCUT2D eigenvalue weighted by Crippen LogP contribution is 2.21. The molecule has 1 amide bonds. The van der Waals surface area contributed by atoms with Crippen molar-refractivity contribution in [3.8, 4) is 0 Å². The summed E-state index contributed by atoms with van der Waals surface area (Å²) in [6.07, 6.45) is -0.532. The van der Waals surface area contributed by atoms with E-state index in [0.717, 1.165) is 0 Å². The molecule has 1 atom stereocenters. The van der Waals surface area contributed by atoms with Gasteiger partial charge in [0.15, 0.2) is 0 Å². The van der Waals surface area contributed by atoms with Crippen molar-refractivity contribution in [3.63, 3.8) is 0 Å². The summed E-state index contributed by atoms with van der Waals surface area (Å²) in [7, 11) is 0. The van der Waals surface area contributed by atoms with Gasteiger partial charge in [-0.25, -0.2) is 0 Å². The Kier molecular flexibility index (Phi) is 8.34. The molecule has 0 aromatic rings. The first-order valence-corrected chi connectivity index (χ1v) is 6.48. The maximum Gasteiger partial charge on any atom is 0.302 e. The monoisotopic (exact) mass is 275 g/mol. The number of aliphatic hydroxyl groups excluding tert-OH is 1. The number of amides is 1. The molecule has 0 heterocycles. The summed E-state index contributed by atoms with van der Waals surface area (Å²) < 4.78 is 9.97. The van der Waals surface area contributed by atoms with E-state index in [4.69, 9.17) is 9.47 Å². The fourth-order valence-electron chi connectivity index (χ4n) is 1.35. The number of aliphatic hydroxyl groups is 1. The Morgan fingerprint density at radius 1 is 1.37 bits per heavy atom. The van der Waals surface area contributed by atoms with E-state index in [-0.39, 0.29) is 6.61 Å². The van der Waals surface area contributed by atoms with Crippen molar-refractivity contribution >= 4 is 11.9 Å². The smallest absolute Gasteiger partial charge is 0.302 e. The van der Waals surface area contributed by atoms with Crippen LogP contribution in [0.1, 0.15) is 34.1 Å². The van der Waals surface area contributed by atoms with Crippen LogP contribution in [0.2, 0.25) is 0 Å². The van der Waals surface area contributed by atoms with E-state index >= 15 is 0 Å². The van der Waals surface area contributed by atoms with Gasteiger partial charge in [-0.15, -0.1) is 0 Å². The van der Waals surface area contributed by atoms with E-state index < -0.39 is 23.4 Å². The van der Waals surface area contributed by atoms with Gasteiger partial charge >= 0.3 is 5.97 Å². The first kappa shape index (κ1) is 17.9. The Morgan fingerprint density at radius 2 is 2.00 bits per heavy atom. The zero-order valence-electron chi connectivity index (χ0n) is 12.2. The Hall–Kier alpha value is -1.14. The number of hydrogen-bond acceptors (Lipinski definition) is 5. The number of hydrogen-bond donors (Lipinski definition) is 2. The molecular formula is C13H25NO5. The van der Waals surface area contributed by atoms with Crippen molar-refractivity contribution in [2.24, 2.45) is 5.41 Å². The summed E-state index contributed by atoms with van der Waals surface area (Å²) in [5.74, 6) is -0.897. The minimum atomic E-state index is -1.22. The molecule has 19 heavy (non-hydrogen) atoms. The molecule has 0 aliphatic rings. The van der Waals surface area contributed by atoms with Crippen LogP contribution in [0.25, 0.3) is 0 Å². The number of esters is 1. The summed E-state index contributed by atoms with van der Waals surface area (Å²) in [5.41, 5.74) is -0.824. The van der Waals surface area contributed by atoms with Crippen LogP contribution in [-0.4, -0.2) is 49.5 Å². The second-order valence-corrected chi connectivity index (χ2v) is 5.01. The summed E-state index contributed by atoms with van der Waals surface area (Å²) in [4.78, 5) is 22.5. The topological polar surface area (TPSA) is 84.9 Å². The molecule has 0 unspecified atom stereocenters. The van der Waals surface area contributed by atoms with Crippen LogP contribution in [0.4, 0.5) is 0 Å². The van der Waals surface area contributed by atoms with Gasteiger partial charge in [0, 0.05) is 32.1 Å². The SMILES string of the molecule is CCOCCCNC(=O)[C@H](O)C(C)(C)COC(C)=O. The molecule has 0 fully saturated rings. The van der Waals surface area contributed by atoms with Gasteiger partial charge in [0.2, 0.25) is 5.91 Å². The molecule has 2 N–H and O–H groups in total. The van der Waals surface area contributed by atoms with Crippen LogP contribution in [-0.2, 0) is 19.1 Å². The lowest BCUT2D eigenvalue weighted by Gasteiger charge is -2.28. The normalized spacial score (nSPS) is 12.9. The number of carbonyl (C=O) groups excluding carboxylic acids is 2. The quantitative estimate of drug-likeness (QED) is 0.472. The highest BCUT2D eigenvalue weighted by atomic mass is 16.5. The average Bonchev–Trinajstić information content (AvgIpc) is 2.35. The molecule has 6 nitrogen and oxygen atoms in total. The number of ether oxygens (including phenoxy) is 2. The van der Waals surface area contributed by atoms with Crippen LogP contribution in [0.15, 0.2) is 0 Å². The van der Waals surface area contributed by atoms with E-state index in [1.165, 1.54) is 6.92 Å². The predicted molar refractivity (Wildman–Crippen MR) is 70.5 cm³/mol. The Bertz CT molecular complexity index is 291. The third kappa shape index (κ3) is 7.79. The standard InChI is InChI=1S/C13H25NO5/c1-5-18-8-6-7-14-12(17)11(16)13(3,4)9-19-10(2)15/h11,16H,5-9H2,1-4H3,(H,14,17)/t11-/m0/s1. The van der Waals surface area contributed by atoms with Crippen LogP contribution in [0.3, 0.4) is 0 Å². The molecule has 6 heteroatoms. The highest BCUT2D eigenvalue weighted by Gasteiger charge is 2.34. The second-order valence-electron chi connectivity index (χ2n) is 5.01. The largest absolute Gasteiger partial charge is 0.465 e. The average molecular weight is 275 g/mol. The van der Waals surface area contributed by atoms with Crippen molar-refractivity contribution < 1.29 is 24.2 Å². The fraction of sp³-hybridized carbons (Fsp3) is 0.846. The van der Waals surface area contributed by atoms with Crippen molar-refractivity contribution in [3.05, 3.63) is 0 Å². The molecule has 0 bridgehead atoms. The van der Waals surface area contributed by atoms with Gasteiger partial charge < -0.3 is 19.9 Å². The third-order valence-corrected chi connectivity index (χ3v) is 2.60. The van der Waals surface area contributed by atoms with E-state index in [2.05, 4.69) is 5.32 Å². The maximum atomic E-state index is 11.7. The summed E-state index contributed by atoms with van der Waals surface area (Å²) >= 11 is 0. The van der Waals surface area contributed by atoms with E-state index in [1.54, 1.807) is 13.8 Å². The Morgan fingerprint density at radius 3 is 2.53 bits per heavy atom. The minimum Gasteiger partial charge on any atom is -0.465 e. The summed E-state index contributed by atoms with van der Waals surface area (Å²) in [5, 5.41) is 12.6. The van der Waals surface area contributed by atoms with Crippen LogP contribution >= 0.6 is 0 Å². The van der Waals surface area contributed by atoms with Crippen molar-refractivity contribution in [2.75, 3.05) is 26.4 Å². The van der Waals surface area contributed by atoms with Gasteiger partial charge in [0.25, 0.3) is 0 Å². The zero-order valence-corrected chi connectivity index (χ0v) is 12.2. The molecule has 0 aromatic heterocycles. The fourth-order valence-corrected chi connectivity index (χ4v) is 1.35. The molecule has 0 aliphatic heterocycles. The summed E-state index contributed by atoms with van der Waals surface area (Å²) in [6, 6.07) is 0. The van der Waals surface area contributed by atoms with Crippen LogP contribution in [0.5, 0.6) is 0 Å². The first-order chi connectivity index (χ1) is 8.81. The van der Waals surface area contributed by atoms with Gasteiger partial charge in [-0.2, -0.15) is 0 Å². The van der Waals surface area contributed by atoms with Crippen LogP contribution < -0.4 is 5.32 Å². The molecule has 0 saturated heterocycles. The predicted octanol–water partition coefficient (Wildman–Crippen LogP) is 0.479. The molecule has 0 spiro atoms. The molecule has 0 saturated carbocycles. The van der Waals surface area contributed by atoms with Gasteiger partial charge in [-0.05, 0) is 13.3 Å². The number of carbonyl (C=O) groups is 2. The summed E-state index contributed by atoms with van der Waals surface area (Å²) in [6.45, 7) is 8.18. The van der Waals surface area contributed by atoms with Crippen LogP contribution in [0, 0.1) is 5.41 Å². The molecule has 112 valence electrons. The van der Waals surface area contributed by atoms with Crippen molar-refractivity contribution in [1.82, 2.24) is 5.32 Å². The Balaban J connectivity index is 4.05. The van der Waals surface area contributed by atoms with Gasteiger partial charge in [-0.1, -0.05) is 13.8 Å². The van der Waals surface area contributed by atoms with E-state index in [1.807, 2.05) is 6.92 Å².